The molecule has 0 aromatic heterocycles. The Balaban J connectivity index is 2.53. The number of hydrogen-bond donors (Lipinski definition) is 2. The smallest absolute Gasteiger partial charge is 0.312 e. The molecule has 0 amide bonds. The molecule has 1 aliphatic rings. The lowest BCUT2D eigenvalue weighted by molar-refractivity contribution is -0.143. The van der Waals surface area contributed by atoms with E-state index in [9.17, 15) is 18.3 Å². The van der Waals surface area contributed by atoms with Crippen LogP contribution in [0, 0.1) is 5.41 Å². The van der Waals surface area contributed by atoms with Gasteiger partial charge in [0.2, 0.25) is 0 Å². The van der Waals surface area contributed by atoms with Crippen LogP contribution in [0.25, 0.3) is 0 Å². The summed E-state index contributed by atoms with van der Waals surface area (Å²) in [5.74, 6) is -1.83. The van der Waals surface area contributed by atoms with Gasteiger partial charge in [0, 0.05) is 23.7 Å². The molecular weight excluding hydrogens is 290 g/mol. The quantitative estimate of drug-likeness (QED) is 0.860. The minimum atomic E-state index is -3.51. The molecule has 0 saturated heterocycles. The Kier molecular flexibility index (Phi) is 3.36. The van der Waals surface area contributed by atoms with Gasteiger partial charge in [-0.05, 0) is 17.7 Å². The van der Waals surface area contributed by atoms with E-state index in [1.165, 1.54) is 0 Å². The Morgan fingerprint density at radius 1 is 1.53 bits per heavy atom. The van der Waals surface area contributed by atoms with Crippen LogP contribution in [0.5, 0.6) is 0 Å². The summed E-state index contributed by atoms with van der Waals surface area (Å²) in [5.41, 5.74) is 4.69. The largest absolute Gasteiger partial charge is 0.481 e. The molecule has 0 radical (unpaired) electrons. The van der Waals surface area contributed by atoms with Crippen LogP contribution < -0.4 is 5.73 Å². The van der Waals surface area contributed by atoms with E-state index in [1.54, 1.807) is 24.3 Å². The van der Waals surface area contributed by atoms with Crippen LogP contribution >= 0.6 is 11.6 Å². The van der Waals surface area contributed by atoms with E-state index >= 15 is 0 Å². The van der Waals surface area contributed by atoms with Crippen LogP contribution in [0.2, 0.25) is 5.02 Å². The van der Waals surface area contributed by atoms with E-state index < -0.39 is 32.4 Å². The molecule has 0 unspecified atom stereocenters. The number of carbonyl (C=O) groups is 1. The molecule has 1 aliphatic carbocycles. The van der Waals surface area contributed by atoms with Gasteiger partial charge in [-0.1, -0.05) is 23.7 Å². The van der Waals surface area contributed by atoms with Crippen molar-refractivity contribution < 1.29 is 18.3 Å². The number of sulfone groups is 1. The number of rotatable bonds is 4. The zero-order valence-electron chi connectivity index (χ0n) is 10.2. The first kappa shape index (κ1) is 14.3. The Bertz CT molecular complexity index is 630. The van der Waals surface area contributed by atoms with Gasteiger partial charge < -0.3 is 10.8 Å². The highest BCUT2D eigenvalue weighted by molar-refractivity contribution is 7.91. The summed E-state index contributed by atoms with van der Waals surface area (Å²) in [4.78, 5) is 11.5. The average molecular weight is 304 g/mol. The maximum Gasteiger partial charge on any atom is 0.312 e. The molecule has 1 aromatic carbocycles. The third-order valence-corrected chi connectivity index (χ3v) is 5.51. The molecule has 1 saturated carbocycles. The van der Waals surface area contributed by atoms with Crippen LogP contribution in [-0.2, 0) is 14.6 Å². The highest BCUT2D eigenvalue weighted by Gasteiger charge is 2.74. The van der Waals surface area contributed by atoms with Gasteiger partial charge in [0.05, 0.1) is 5.25 Å². The molecule has 1 fully saturated rings. The first-order chi connectivity index (χ1) is 8.75. The topological polar surface area (TPSA) is 97.5 Å². The van der Waals surface area contributed by atoms with Crippen LogP contribution in [-0.4, -0.2) is 37.5 Å². The Hall–Kier alpha value is -1.11. The maximum absolute atomic E-state index is 11.8. The lowest BCUT2D eigenvalue weighted by atomic mass is 9.99. The summed E-state index contributed by atoms with van der Waals surface area (Å²) in [7, 11) is -3.51. The predicted molar refractivity (Wildman–Crippen MR) is 71.9 cm³/mol. The zero-order chi connectivity index (χ0) is 14.4. The zero-order valence-corrected chi connectivity index (χ0v) is 11.8. The molecule has 19 heavy (non-hydrogen) atoms. The van der Waals surface area contributed by atoms with E-state index in [2.05, 4.69) is 0 Å². The van der Waals surface area contributed by atoms with E-state index in [-0.39, 0.29) is 6.54 Å². The lowest BCUT2D eigenvalue weighted by Crippen LogP contribution is -2.31. The second kappa shape index (κ2) is 4.47. The molecule has 0 aliphatic heterocycles. The van der Waals surface area contributed by atoms with E-state index in [0.717, 1.165) is 6.26 Å². The summed E-state index contributed by atoms with van der Waals surface area (Å²) in [6.45, 7) is -0.225. The minimum absolute atomic E-state index is 0.225. The van der Waals surface area contributed by atoms with Gasteiger partial charge in [-0.3, -0.25) is 4.79 Å². The van der Waals surface area contributed by atoms with Gasteiger partial charge in [0.15, 0.2) is 9.84 Å². The Morgan fingerprint density at radius 2 is 2.16 bits per heavy atom. The van der Waals surface area contributed by atoms with Crippen molar-refractivity contribution >= 4 is 27.4 Å². The van der Waals surface area contributed by atoms with Crippen molar-refractivity contribution in [1.82, 2.24) is 0 Å². The third kappa shape index (κ3) is 2.13. The van der Waals surface area contributed by atoms with Gasteiger partial charge in [0.25, 0.3) is 0 Å². The maximum atomic E-state index is 11.8. The van der Waals surface area contributed by atoms with E-state index in [1.807, 2.05) is 0 Å². The van der Waals surface area contributed by atoms with Crippen molar-refractivity contribution in [1.29, 1.82) is 0 Å². The number of carboxylic acids is 1. The predicted octanol–water partition coefficient (Wildman–Crippen LogP) is 0.880. The average Bonchev–Trinajstić information content (AvgIpc) is 2.99. The number of nitrogens with two attached hydrogens (primary N) is 1. The number of carboxylic acid groups (broad SMARTS) is 1. The fourth-order valence-corrected chi connectivity index (χ4v) is 4.91. The molecule has 0 spiro atoms. The summed E-state index contributed by atoms with van der Waals surface area (Å²) >= 11 is 5.87. The highest BCUT2D eigenvalue weighted by Crippen LogP contribution is 2.62. The fraction of sp³-hybridized carbons (Fsp3) is 0.417. The molecule has 0 heterocycles. The van der Waals surface area contributed by atoms with Crippen molar-refractivity contribution in [2.24, 2.45) is 11.1 Å². The number of benzene rings is 1. The molecule has 104 valence electrons. The molecule has 3 atom stereocenters. The molecule has 2 rings (SSSR count). The summed E-state index contributed by atoms with van der Waals surface area (Å²) in [6, 6.07) is 6.58. The summed E-state index contributed by atoms with van der Waals surface area (Å²) in [5, 5.41) is 8.80. The van der Waals surface area contributed by atoms with Gasteiger partial charge in [0.1, 0.15) is 5.41 Å². The van der Waals surface area contributed by atoms with Crippen LogP contribution in [0.15, 0.2) is 24.3 Å². The second-order valence-corrected chi connectivity index (χ2v) is 7.44. The monoisotopic (exact) mass is 303 g/mol. The van der Waals surface area contributed by atoms with E-state index in [4.69, 9.17) is 17.3 Å². The van der Waals surface area contributed by atoms with E-state index in [0.29, 0.717) is 10.6 Å². The van der Waals surface area contributed by atoms with Gasteiger partial charge >= 0.3 is 5.97 Å². The van der Waals surface area contributed by atoms with Crippen molar-refractivity contribution in [3.8, 4) is 0 Å². The third-order valence-electron chi connectivity index (χ3n) is 3.66. The number of halogens is 1. The number of hydrogen-bond acceptors (Lipinski definition) is 4. The summed E-state index contributed by atoms with van der Waals surface area (Å²) in [6.07, 6.45) is 1.04. The van der Waals surface area contributed by atoms with Crippen molar-refractivity contribution in [3.63, 3.8) is 0 Å². The first-order valence-corrected chi connectivity index (χ1v) is 7.96. The van der Waals surface area contributed by atoms with Gasteiger partial charge in [-0.15, -0.1) is 0 Å². The molecular formula is C12H14ClNO4S. The fourth-order valence-electron chi connectivity index (χ4n) is 2.79. The molecule has 7 heteroatoms. The van der Waals surface area contributed by atoms with Crippen molar-refractivity contribution in [2.75, 3.05) is 12.8 Å². The molecule has 1 aromatic rings. The second-order valence-electron chi connectivity index (χ2n) is 4.83. The van der Waals surface area contributed by atoms with Crippen molar-refractivity contribution in [3.05, 3.63) is 34.9 Å². The van der Waals surface area contributed by atoms with Crippen LogP contribution in [0.3, 0.4) is 0 Å². The van der Waals surface area contributed by atoms with Crippen LogP contribution in [0.4, 0.5) is 0 Å². The van der Waals surface area contributed by atoms with Crippen LogP contribution in [0.1, 0.15) is 11.5 Å². The lowest BCUT2D eigenvalue weighted by Gasteiger charge is -2.09. The standard InChI is InChI=1S/C12H14ClNO4S/c1-19(17,18)10-9(12(10,6-14)11(15)16)7-3-2-4-8(13)5-7/h2-5,9-10H,6,14H2,1H3,(H,15,16)/t9-,10-,12+/m1/s1. The SMILES string of the molecule is CS(=O)(=O)[C@@H]1[C@@H](c2cccc(Cl)c2)[C@]1(CN)C(=O)O. The minimum Gasteiger partial charge on any atom is -0.481 e. The first-order valence-electron chi connectivity index (χ1n) is 5.63. The molecule has 3 N–H and O–H groups in total. The molecule has 5 nitrogen and oxygen atoms in total. The van der Waals surface area contributed by atoms with Gasteiger partial charge in [-0.25, -0.2) is 8.42 Å². The van der Waals surface area contributed by atoms with Gasteiger partial charge in [-0.2, -0.15) is 0 Å². The Labute approximate surface area is 116 Å². The van der Waals surface area contributed by atoms with Crippen molar-refractivity contribution in [2.45, 2.75) is 11.2 Å². The summed E-state index contributed by atoms with van der Waals surface area (Å²) < 4.78 is 23.6. The normalized spacial score (nSPS) is 30.1. The molecule has 0 bridgehead atoms. The highest BCUT2D eigenvalue weighted by atomic mass is 35.5. The Morgan fingerprint density at radius 3 is 2.53 bits per heavy atom. The number of aliphatic carboxylic acids is 1.